The first-order valence-electron chi connectivity index (χ1n) is 12.9. The zero-order valence-corrected chi connectivity index (χ0v) is 25.2. The van der Waals surface area contributed by atoms with E-state index < -0.39 is 90.9 Å². The fourth-order valence-electron chi connectivity index (χ4n) is 4.09. The first-order chi connectivity index (χ1) is 19.5. The van der Waals surface area contributed by atoms with Crippen LogP contribution in [0.5, 0.6) is 0 Å². The lowest BCUT2D eigenvalue weighted by Gasteiger charge is -2.45. The smallest absolute Gasteiger partial charge is 0.326 e. The first kappa shape index (κ1) is 34.4. The van der Waals surface area contributed by atoms with Crippen molar-refractivity contribution in [1.29, 1.82) is 0 Å². The molecule has 16 nitrogen and oxygen atoms in total. The topological polar surface area (TPSA) is 195 Å². The van der Waals surface area contributed by atoms with Gasteiger partial charge in [0.1, 0.15) is 42.5 Å². The fourth-order valence-corrected chi connectivity index (χ4v) is 4.26. The number of amides is 2. The number of alkyl halides is 1. The lowest BCUT2D eigenvalue weighted by Crippen LogP contribution is -2.64. The highest BCUT2D eigenvalue weighted by Crippen LogP contribution is 2.32. The van der Waals surface area contributed by atoms with Crippen molar-refractivity contribution in [3.8, 4) is 0 Å². The summed E-state index contributed by atoms with van der Waals surface area (Å²) in [6.07, 6.45) is -3.60. The van der Waals surface area contributed by atoms with Gasteiger partial charge in [0, 0.05) is 27.7 Å². The maximum Gasteiger partial charge on any atom is 0.326 e. The Balaban J connectivity index is 2.46. The van der Waals surface area contributed by atoms with Gasteiger partial charge in [-0.2, -0.15) is 0 Å². The van der Waals surface area contributed by atoms with Crippen molar-refractivity contribution < 1.29 is 52.5 Å². The molecule has 5 atom stereocenters. The maximum atomic E-state index is 12.5. The second-order valence-corrected chi connectivity index (χ2v) is 10.7. The molecule has 42 heavy (non-hydrogen) atoms. The molecule has 1 saturated heterocycles. The van der Waals surface area contributed by atoms with E-state index in [-0.39, 0.29) is 12.2 Å². The highest BCUT2D eigenvalue weighted by atomic mass is 35.5. The quantitative estimate of drug-likeness (QED) is 0.198. The van der Waals surface area contributed by atoms with Crippen LogP contribution in [0.1, 0.15) is 60.4 Å². The largest absolute Gasteiger partial charge is 0.463 e. The highest BCUT2D eigenvalue weighted by Gasteiger charge is 2.51. The summed E-state index contributed by atoms with van der Waals surface area (Å²) < 4.78 is 28.5. The highest BCUT2D eigenvalue weighted by molar-refractivity contribution is 6.27. The number of esters is 4. The van der Waals surface area contributed by atoms with Crippen molar-refractivity contribution in [3.05, 3.63) is 11.9 Å². The first-order valence-corrected chi connectivity index (χ1v) is 13.4. The van der Waals surface area contributed by atoms with E-state index in [1.54, 1.807) is 20.8 Å². The number of ether oxygens (including phenoxy) is 5. The van der Waals surface area contributed by atoms with Crippen LogP contribution in [0.25, 0.3) is 0 Å². The van der Waals surface area contributed by atoms with Crippen molar-refractivity contribution in [2.75, 3.05) is 19.0 Å². The molecule has 0 aromatic carbocycles. The minimum atomic E-state index is -1.30. The zero-order chi connectivity index (χ0) is 31.8. The summed E-state index contributed by atoms with van der Waals surface area (Å²) in [6, 6.07) is -1.17. The molecule has 0 radical (unpaired) electrons. The molecule has 0 saturated carbocycles. The zero-order valence-electron chi connectivity index (χ0n) is 24.5. The van der Waals surface area contributed by atoms with E-state index >= 15 is 0 Å². The molecule has 0 bridgehead atoms. The number of nitrogens with one attached hydrogen (secondary N) is 1. The van der Waals surface area contributed by atoms with E-state index in [0.29, 0.717) is 0 Å². The summed E-state index contributed by atoms with van der Waals surface area (Å²) in [5, 5.41) is 10.7. The van der Waals surface area contributed by atoms with Crippen LogP contribution in [0.15, 0.2) is 6.20 Å². The number of aromatic nitrogens is 3. The predicted octanol–water partition coefficient (Wildman–Crippen LogP) is 0.0158. The van der Waals surface area contributed by atoms with Crippen LogP contribution in [0, 0.1) is 0 Å². The number of hydrogen-bond donors (Lipinski definition) is 1. The van der Waals surface area contributed by atoms with Gasteiger partial charge < -0.3 is 33.9 Å². The Morgan fingerprint density at radius 1 is 1.02 bits per heavy atom. The molecule has 1 aliphatic rings. The molecule has 1 aromatic rings. The van der Waals surface area contributed by atoms with Crippen LogP contribution in [-0.2, 0) is 59.0 Å². The summed E-state index contributed by atoms with van der Waals surface area (Å²) in [5.74, 6) is -4.33. The Kier molecular flexibility index (Phi) is 12.2. The van der Waals surface area contributed by atoms with Crippen molar-refractivity contribution >= 4 is 47.3 Å². The van der Waals surface area contributed by atoms with E-state index in [1.165, 1.54) is 24.7 Å². The van der Waals surface area contributed by atoms with Crippen LogP contribution in [0.4, 0.5) is 0 Å². The molecular formula is C25H36ClN5O11. The third kappa shape index (κ3) is 10.6. The van der Waals surface area contributed by atoms with E-state index in [2.05, 4.69) is 15.6 Å². The second kappa shape index (κ2) is 14.9. The molecule has 2 rings (SSSR count). The lowest BCUT2D eigenvalue weighted by molar-refractivity contribution is -0.239. The molecule has 1 N–H and O–H groups in total. The molecule has 1 fully saturated rings. The van der Waals surface area contributed by atoms with Gasteiger partial charge in [-0.25, -0.2) is 4.68 Å². The average Bonchev–Trinajstić information content (AvgIpc) is 3.30. The molecule has 234 valence electrons. The molecule has 2 heterocycles. The number of carbonyl (C=O) groups is 6. The van der Waals surface area contributed by atoms with Gasteiger partial charge in [0.15, 0.2) is 18.4 Å². The predicted molar refractivity (Wildman–Crippen MR) is 141 cm³/mol. The molecule has 1 aliphatic heterocycles. The van der Waals surface area contributed by atoms with Gasteiger partial charge in [-0.1, -0.05) is 5.21 Å². The van der Waals surface area contributed by atoms with Crippen LogP contribution < -0.4 is 5.32 Å². The van der Waals surface area contributed by atoms with E-state index in [4.69, 9.17) is 35.3 Å². The SMILES string of the molecule is CC(=O)N[C@@H]1[C@@H](OC(C)=O)[C@H](OC(C)=O)[C@@H](COC(C)=O)O[C@H]1n1cc(CN(CC(=O)OC(C)(C)C)C(=O)CCl)nn1. The second-order valence-electron chi connectivity index (χ2n) is 10.4. The maximum absolute atomic E-state index is 12.5. The summed E-state index contributed by atoms with van der Waals surface area (Å²) in [6.45, 7) is 8.69. The van der Waals surface area contributed by atoms with E-state index in [9.17, 15) is 28.8 Å². The van der Waals surface area contributed by atoms with Gasteiger partial charge in [-0.05, 0) is 20.8 Å². The van der Waals surface area contributed by atoms with Gasteiger partial charge in [0.2, 0.25) is 11.8 Å². The van der Waals surface area contributed by atoms with Crippen LogP contribution in [-0.4, -0.2) is 105 Å². The summed E-state index contributed by atoms with van der Waals surface area (Å²) in [7, 11) is 0. The van der Waals surface area contributed by atoms with Crippen LogP contribution in [0.3, 0.4) is 0 Å². The van der Waals surface area contributed by atoms with Gasteiger partial charge >= 0.3 is 23.9 Å². The van der Waals surface area contributed by atoms with E-state index in [1.807, 2.05) is 0 Å². The monoisotopic (exact) mass is 617 g/mol. The van der Waals surface area contributed by atoms with Crippen LogP contribution >= 0.6 is 11.6 Å². The summed E-state index contributed by atoms with van der Waals surface area (Å²) in [4.78, 5) is 73.7. The minimum Gasteiger partial charge on any atom is -0.463 e. The Bertz CT molecular complexity index is 1170. The Morgan fingerprint density at radius 3 is 2.17 bits per heavy atom. The number of halogens is 1. The van der Waals surface area contributed by atoms with E-state index in [0.717, 1.165) is 18.7 Å². The lowest BCUT2D eigenvalue weighted by atomic mass is 9.95. The minimum absolute atomic E-state index is 0.192. The Labute approximate surface area is 247 Å². The van der Waals surface area contributed by atoms with Gasteiger partial charge in [0.05, 0.1) is 12.7 Å². The number of carbonyl (C=O) groups excluding carboxylic acids is 6. The molecular weight excluding hydrogens is 582 g/mol. The molecule has 0 aliphatic carbocycles. The third-order valence-electron chi connectivity index (χ3n) is 5.47. The van der Waals surface area contributed by atoms with Gasteiger partial charge in [0.25, 0.3) is 0 Å². The Hall–Kier alpha value is -3.79. The molecule has 1 aromatic heterocycles. The standard InChI is InChI=1S/C25H36ClN5O11/c1-13(32)27-21-23(40-16(4)35)22(39-15(3)34)18(12-38-14(2)33)41-24(21)31-10-17(28-29-31)9-30(19(36)8-26)11-20(37)42-25(5,6)7/h10,18,21-24H,8-9,11-12H2,1-7H3,(H,27,32)/t18-,21-,22-,23-,24-/m1/s1. The average molecular weight is 618 g/mol. The van der Waals surface area contributed by atoms with Gasteiger partial charge in [-0.15, -0.1) is 16.7 Å². The number of hydrogen-bond acceptors (Lipinski definition) is 13. The fraction of sp³-hybridized carbons (Fsp3) is 0.680. The van der Waals surface area contributed by atoms with Crippen molar-refractivity contribution in [2.24, 2.45) is 0 Å². The number of nitrogens with zero attached hydrogens (tertiary/aromatic N) is 4. The third-order valence-corrected chi connectivity index (χ3v) is 5.70. The molecule has 17 heteroatoms. The van der Waals surface area contributed by atoms with Crippen molar-refractivity contribution in [3.63, 3.8) is 0 Å². The Morgan fingerprint density at radius 2 is 1.64 bits per heavy atom. The van der Waals surface area contributed by atoms with Crippen molar-refractivity contribution in [1.82, 2.24) is 25.2 Å². The van der Waals surface area contributed by atoms with Gasteiger partial charge in [-0.3, -0.25) is 28.8 Å². The molecule has 2 amide bonds. The molecule has 0 spiro atoms. The molecule has 0 unspecified atom stereocenters. The summed E-state index contributed by atoms with van der Waals surface area (Å²) >= 11 is 5.74. The van der Waals surface area contributed by atoms with Crippen molar-refractivity contribution in [2.45, 2.75) is 91.2 Å². The normalized spacial score (nSPS) is 22.0. The van der Waals surface area contributed by atoms with Crippen LogP contribution in [0.2, 0.25) is 0 Å². The number of rotatable bonds is 11. The summed E-state index contributed by atoms with van der Waals surface area (Å²) in [5.41, 5.74) is -0.581.